The van der Waals surface area contributed by atoms with Crippen molar-refractivity contribution in [1.82, 2.24) is 9.97 Å². The van der Waals surface area contributed by atoms with E-state index in [0.717, 1.165) is 22.4 Å². The molecule has 0 radical (unpaired) electrons. The van der Waals surface area contributed by atoms with Gasteiger partial charge in [0.15, 0.2) is 0 Å². The maximum atomic E-state index is 11.0. The van der Waals surface area contributed by atoms with Gasteiger partial charge in [-0.2, -0.15) is 0 Å². The second-order valence-corrected chi connectivity index (χ2v) is 6.64. The summed E-state index contributed by atoms with van der Waals surface area (Å²) >= 11 is 0. The number of rotatable bonds is 7. The van der Waals surface area contributed by atoms with Crippen LogP contribution < -0.4 is 15.2 Å². The van der Waals surface area contributed by atoms with E-state index >= 15 is 0 Å². The molecule has 0 saturated carbocycles. The summed E-state index contributed by atoms with van der Waals surface area (Å²) in [5.41, 5.74) is 2.91. The maximum Gasteiger partial charge on any atom is 0.141 e. The summed E-state index contributed by atoms with van der Waals surface area (Å²) in [7, 11) is 0. The number of fused-ring (bicyclic) bond motifs is 1. The molecule has 0 aliphatic carbocycles. The smallest absolute Gasteiger partial charge is 0.141 e. The molecule has 3 aromatic carbocycles. The molecular weight excluding hydrogens is 378 g/mol. The average molecular weight is 396 g/mol. The predicted octanol–water partition coefficient (Wildman–Crippen LogP) is 3.72. The molecule has 0 amide bonds. The van der Waals surface area contributed by atoms with Gasteiger partial charge in [0.05, 0.1) is 11.5 Å². The molecule has 1 aromatic heterocycles. The summed E-state index contributed by atoms with van der Waals surface area (Å²) in [5.74, 6) is 0.0716. The minimum atomic E-state index is -1.31. The largest absolute Gasteiger partial charge is 0.545 e. The van der Waals surface area contributed by atoms with Crippen molar-refractivity contribution in [2.24, 2.45) is 0 Å². The Balaban J connectivity index is 1.49. The fraction of sp³-hybridized carbons (Fsp3) is 0.0417. The zero-order valence-corrected chi connectivity index (χ0v) is 16.0. The van der Waals surface area contributed by atoms with Gasteiger partial charge in [0.25, 0.3) is 0 Å². The summed E-state index contributed by atoms with van der Waals surface area (Å²) in [5, 5.41) is 15.1. The van der Waals surface area contributed by atoms with Gasteiger partial charge in [0.1, 0.15) is 24.5 Å². The Morgan fingerprint density at radius 1 is 1.00 bits per heavy atom. The highest BCUT2D eigenvalue weighted by atomic mass is 16.5. The molecule has 4 aromatic rings. The van der Waals surface area contributed by atoms with E-state index in [1.807, 2.05) is 54.6 Å². The van der Waals surface area contributed by atoms with E-state index in [4.69, 9.17) is 4.74 Å². The Morgan fingerprint density at radius 2 is 1.77 bits per heavy atom. The zero-order chi connectivity index (χ0) is 20.9. The third-order valence-electron chi connectivity index (χ3n) is 4.60. The lowest BCUT2D eigenvalue weighted by molar-refractivity contribution is -0.295. The van der Waals surface area contributed by atoms with Crippen molar-refractivity contribution in [1.29, 1.82) is 0 Å². The second kappa shape index (κ2) is 8.45. The van der Waals surface area contributed by atoms with Crippen molar-refractivity contribution in [3.05, 3.63) is 96.8 Å². The zero-order valence-electron chi connectivity index (χ0n) is 16.0. The van der Waals surface area contributed by atoms with Crippen LogP contribution in [0.4, 0.5) is 11.5 Å². The predicted molar refractivity (Wildman–Crippen MR) is 114 cm³/mol. The third-order valence-corrected chi connectivity index (χ3v) is 4.60. The van der Waals surface area contributed by atoms with Crippen LogP contribution in [0.25, 0.3) is 16.5 Å². The lowest BCUT2D eigenvalue weighted by Gasteiger charge is -2.12. The second-order valence-electron chi connectivity index (χ2n) is 6.64. The van der Waals surface area contributed by atoms with Crippen molar-refractivity contribution < 1.29 is 14.6 Å². The van der Waals surface area contributed by atoms with Crippen LogP contribution in [0, 0.1) is 0 Å². The Bertz CT molecular complexity index is 1210. The van der Waals surface area contributed by atoms with Gasteiger partial charge in [0, 0.05) is 11.1 Å². The first-order valence-electron chi connectivity index (χ1n) is 9.29. The van der Waals surface area contributed by atoms with Crippen LogP contribution in [0.1, 0.15) is 11.1 Å². The number of hydrogen-bond donors (Lipinski definition) is 1. The van der Waals surface area contributed by atoms with Crippen molar-refractivity contribution in [2.45, 2.75) is 6.61 Å². The van der Waals surface area contributed by atoms with Gasteiger partial charge in [-0.05, 0) is 53.1 Å². The number of benzene rings is 3. The highest BCUT2D eigenvalue weighted by Gasteiger charge is 2.08. The van der Waals surface area contributed by atoms with Gasteiger partial charge in [-0.1, -0.05) is 43.0 Å². The molecule has 0 unspecified atom stereocenters. The van der Waals surface area contributed by atoms with E-state index in [9.17, 15) is 9.90 Å². The summed E-state index contributed by atoms with van der Waals surface area (Å²) in [6.07, 6.45) is 1.42. The Morgan fingerprint density at radius 3 is 2.50 bits per heavy atom. The molecule has 0 atom stereocenters. The highest BCUT2D eigenvalue weighted by molar-refractivity contribution is 6.14. The van der Waals surface area contributed by atoms with E-state index < -0.39 is 5.97 Å². The molecule has 4 rings (SSSR count). The number of carboxylic acids is 1. The standard InChI is InChI=1S/C24H19N3O3/c1-16(24(28)29)18-7-12-21-22(13-18)25-15-26-23(21)27-19-8-10-20(11-9-19)30-14-17-5-3-2-4-6-17/h2-13,15H,1,14H2,(H,28,29)(H,25,26,27)/p-1. The number of ether oxygens (including phenoxy) is 1. The third kappa shape index (κ3) is 4.28. The number of nitrogens with zero attached hydrogens (tertiary/aromatic N) is 2. The molecule has 30 heavy (non-hydrogen) atoms. The van der Waals surface area contributed by atoms with Crippen molar-refractivity contribution in [2.75, 3.05) is 5.32 Å². The van der Waals surface area contributed by atoms with E-state index in [-0.39, 0.29) is 5.57 Å². The molecule has 0 spiro atoms. The van der Waals surface area contributed by atoms with E-state index in [1.165, 1.54) is 6.33 Å². The molecule has 6 heteroatoms. The molecule has 0 fully saturated rings. The number of nitrogens with one attached hydrogen (secondary N) is 1. The van der Waals surface area contributed by atoms with Crippen LogP contribution in [0.3, 0.4) is 0 Å². The SMILES string of the molecule is C=C(C(=O)[O-])c1ccc2c(Nc3ccc(OCc4ccccc4)cc3)ncnc2c1. The van der Waals surface area contributed by atoms with Gasteiger partial charge < -0.3 is 20.0 Å². The number of carboxylic acid groups (broad SMARTS) is 1. The van der Waals surface area contributed by atoms with Crippen molar-refractivity contribution in [3.8, 4) is 5.75 Å². The molecule has 148 valence electrons. The van der Waals surface area contributed by atoms with Crippen LogP contribution in [-0.2, 0) is 11.4 Å². The summed E-state index contributed by atoms with van der Waals surface area (Å²) in [6.45, 7) is 4.03. The number of carbonyl (C=O) groups excluding carboxylic acids is 1. The van der Waals surface area contributed by atoms with E-state index in [1.54, 1.807) is 18.2 Å². The fourth-order valence-corrected chi connectivity index (χ4v) is 2.97. The topological polar surface area (TPSA) is 87.2 Å². The minimum Gasteiger partial charge on any atom is -0.545 e. The molecule has 0 bridgehead atoms. The van der Waals surface area contributed by atoms with Gasteiger partial charge in [-0.3, -0.25) is 0 Å². The van der Waals surface area contributed by atoms with E-state index in [2.05, 4.69) is 21.9 Å². The Kier molecular flexibility index (Phi) is 5.39. The summed E-state index contributed by atoms with van der Waals surface area (Å²) in [6, 6.07) is 22.6. The molecule has 1 N–H and O–H groups in total. The lowest BCUT2D eigenvalue weighted by Crippen LogP contribution is -2.22. The molecule has 0 saturated heterocycles. The van der Waals surface area contributed by atoms with Gasteiger partial charge in [-0.15, -0.1) is 0 Å². The molecular formula is C24H18N3O3-. The van der Waals surface area contributed by atoms with Crippen LogP contribution in [0.5, 0.6) is 5.75 Å². The molecule has 6 nitrogen and oxygen atoms in total. The fourth-order valence-electron chi connectivity index (χ4n) is 2.97. The summed E-state index contributed by atoms with van der Waals surface area (Å²) < 4.78 is 5.81. The van der Waals surface area contributed by atoms with Crippen LogP contribution in [0.15, 0.2) is 85.7 Å². The minimum absolute atomic E-state index is 0.0869. The number of carbonyl (C=O) groups is 1. The van der Waals surface area contributed by atoms with Gasteiger partial charge in [-0.25, -0.2) is 9.97 Å². The molecule has 0 aliphatic rings. The number of aromatic nitrogens is 2. The first kappa shape index (κ1) is 19.1. The first-order valence-corrected chi connectivity index (χ1v) is 9.29. The monoisotopic (exact) mass is 396 g/mol. The molecule has 1 heterocycles. The number of anilines is 2. The van der Waals surface area contributed by atoms with Gasteiger partial charge in [0.2, 0.25) is 0 Å². The summed E-state index contributed by atoms with van der Waals surface area (Å²) in [4.78, 5) is 19.6. The lowest BCUT2D eigenvalue weighted by atomic mass is 10.1. The first-order chi connectivity index (χ1) is 14.6. The van der Waals surface area contributed by atoms with Gasteiger partial charge >= 0.3 is 0 Å². The maximum absolute atomic E-state index is 11.0. The van der Waals surface area contributed by atoms with Crippen molar-refractivity contribution >= 4 is 34.0 Å². The van der Waals surface area contributed by atoms with Crippen LogP contribution >= 0.6 is 0 Å². The number of aliphatic carboxylic acids is 1. The molecule has 0 aliphatic heterocycles. The highest BCUT2D eigenvalue weighted by Crippen LogP contribution is 2.26. The van der Waals surface area contributed by atoms with Crippen molar-refractivity contribution in [3.63, 3.8) is 0 Å². The van der Waals surface area contributed by atoms with Crippen LogP contribution in [0.2, 0.25) is 0 Å². The van der Waals surface area contributed by atoms with Crippen LogP contribution in [-0.4, -0.2) is 15.9 Å². The Labute approximate surface area is 173 Å². The number of hydrogen-bond acceptors (Lipinski definition) is 6. The van der Waals surface area contributed by atoms with E-state index in [0.29, 0.717) is 23.5 Å². The Hall–Kier alpha value is -4.19. The quantitative estimate of drug-likeness (QED) is 0.479. The average Bonchev–Trinajstić information content (AvgIpc) is 2.78. The normalized spacial score (nSPS) is 10.5.